The zero-order valence-electron chi connectivity index (χ0n) is 20.0. The first-order chi connectivity index (χ1) is 16.1. The number of unbranched alkanes of at least 4 members (excludes halogenated alkanes) is 10. The molecule has 0 bridgehead atoms. The highest BCUT2D eigenvalue weighted by atomic mass is 127. The van der Waals surface area contributed by atoms with Crippen LogP contribution < -0.4 is 10.4 Å². The number of alkyl halides is 1. The van der Waals surface area contributed by atoms with Crippen LogP contribution in [0.2, 0.25) is 0 Å². The summed E-state index contributed by atoms with van der Waals surface area (Å²) in [6.07, 6.45) is 15.0. The van der Waals surface area contributed by atoms with E-state index in [4.69, 9.17) is 13.9 Å². The Hall–Kier alpha value is -1.57. The quantitative estimate of drug-likeness (QED) is 0.0607. The van der Waals surface area contributed by atoms with Crippen molar-refractivity contribution in [3.05, 3.63) is 40.8 Å². The lowest BCUT2D eigenvalue weighted by Gasteiger charge is -2.09. The predicted molar refractivity (Wildman–Crippen MR) is 142 cm³/mol. The first-order valence-electron chi connectivity index (χ1n) is 12.6. The van der Waals surface area contributed by atoms with Crippen LogP contribution in [0.25, 0.3) is 11.0 Å². The standard InChI is InChI=1S/C27H39IO5/c1-2-16-23(28)27(30)32-20-15-11-9-7-5-3-4-6-8-10-14-19-31-25-21-26(29)33-24-18-13-12-17-22(24)25/h12-13,17-18,21,23H,2-11,14-16,19-20H2,1H3. The van der Waals surface area contributed by atoms with E-state index in [1.165, 1.54) is 51.0 Å². The SMILES string of the molecule is CCCC(I)C(=O)OCCCCCCCCCCCCCOc1cc(=O)oc2ccccc12. The van der Waals surface area contributed by atoms with Crippen molar-refractivity contribution >= 4 is 39.5 Å². The molecule has 0 aliphatic rings. The number of fused-ring (bicyclic) bond motifs is 1. The second-order valence-corrected chi connectivity index (χ2v) is 10.1. The van der Waals surface area contributed by atoms with E-state index in [1.807, 2.05) is 18.2 Å². The van der Waals surface area contributed by atoms with Gasteiger partial charge >= 0.3 is 11.6 Å². The number of carbonyl (C=O) groups is 1. The molecule has 0 spiro atoms. The summed E-state index contributed by atoms with van der Waals surface area (Å²) in [5.41, 5.74) is 0.198. The zero-order valence-corrected chi connectivity index (χ0v) is 22.1. The zero-order chi connectivity index (χ0) is 23.7. The molecule has 184 valence electrons. The molecule has 1 heterocycles. The monoisotopic (exact) mass is 570 g/mol. The van der Waals surface area contributed by atoms with E-state index >= 15 is 0 Å². The van der Waals surface area contributed by atoms with Crippen molar-refractivity contribution in [3.8, 4) is 5.75 Å². The maximum absolute atomic E-state index is 11.7. The average Bonchev–Trinajstić information content (AvgIpc) is 2.81. The lowest BCUT2D eigenvalue weighted by Crippen LogP contribution is -2.17. The molecular weight excluding hydrogens is 531 g/mol. The summed E-state index contributed by atoms with van der Waals surface area (Å²) in [6, 6.07) is 8.90. The van der Waals surface area contributed by atoms with Crippen molar-refractivity contribution in [3.63, 3.8) is 0 Å². The van der Waals surface area contributed by atoms with Crippen molar-refractivity contribution < 1.29 is 18.7 Å². The van der Waals surface area contributed by atoms with E-state index in [0.717, 1.165) is 43.9 Å². The predicted octanol–water partition coefficient (Wildman–Crippen LogP) is 7.61. The van der Waals surface area contributed by atoms with E-state index in [2.05, 4.69) is 29.5 Å². The molecule has 0 saturated heterocycles. The molecule has 33 heavy (non-hydrogen) atoms. The van der Waals surface area contributed by atoms with Gasteiger partial charge < -0.3 is 13.9 Å². The average molecular weight is 571 g/mol. The van der Waals surface area contributed by atoms with Crippen LogP contribution in [0.15, 0.2) is 39.5 Å². The number of halogens is 1. The Morgan fingerprint density at radius 1 is 0.909 bits per heavy atom. The van der Waals surface area contributed by atoms with E-state index in [1.54, 1.807) is 6.07 Å². The number of carbonyl (C=O) groups excluding carboxylic acids is 1. The van der Waals surface area contributed by atoms with Gasteiger partial charge in [-0.25, -0.2) is 4.79 Å². The van der Waals surface area contributed by atoms with Crippen molar-refractivity contribution in [2.75, 3.05) is 13.2 Å². The highest BCUT2D eigenvalue weighted by Crippen LogP contribution is 2.23. The molecule has 1 aromatic heterocycles. The van der Waals surface area contributed by atoms with Crippen LogP contribution in [-0.4, -0.2) is 23.1 Å². The lowest BCUT2D eigenvalue weighted by molar-refractivity contribution is -0.142. The highest BCUT2D eigenvalue weighted by Gasteiger charge is 2.14. The minimum absolute atomic E-state index is 0.00711. The van der Waals surface area contributed by atoms with Gasteiger partial charge in [0.2, 0.25) is 0 Å². The van der Waals surface area contributed by atoms with Gasteiger partial charge in [-0.05, 0) is 31.4 Å². The number of benzene rings is 1. The van der Waals surface area contributed by atoms with E-state index in [9.17, 15) is 9.59 Å². The number of hydrogen-bond donors (Lipinski definition) is 0. The van der Waals surface area contributed by atoms with Crippen LogP contribution in [-0.2, 0) is 9.53 Å². The molecule has 0 saturated carbocycles. The molecule has 0 aliphatic carbocycles. The fourth-order valence-electron chi connectivity index (χ4n) is 3.81. The van der Waals surface area contributed by atoms with Gasteiger partial charge in [0.05, 0.1) is 24.7 Å². The molecule has 2 rings (SSSR count). The fourth-order valence-corrected chi connectivity index (χ4v) is 4.62. The maximum Gasteiger partial charge on any atom is 0.339 e. The topological polar surface area (TPSA) is 65.7 Å². The minimum Gasteiger partial charge on any atom is -0.493 e. The summed E-state index contributed by atoms with van der Waals surface area (Å²) < 4.78 is 16.4. The number of hydrogen-bond acceptors (Lipinski definition) is 5. The second-order valence-electron chi connectivity index (χ2n) is 8.59. The van der Waals surface area contributed by atoms with Gasteiger partial charge in [-0.2, -0.15) is 0 Å². The van der Waals surface area contributed by atoms with E-state index in [0.29, 0.717) is 24.5 Å². The van der Waals surface area contributed by atoms with E-state index in [-0.39, 0.29) is 15.5 Å². The summed E-state index contributed by atoms with van der Waals surface area (Å²) >= 11 is 2.18. The normalized spacial score (nSPS) is 12.1. The van der Waals surface area contributed by atoms with E-state index < -0.39 is 0 Å². The van der Waals surface area contributed by atoms with Crippen LogP contribution >= 0.6 is 22.6 Å². The smallest absolute Gasteiger partial charge is 0.339 e. The van der Waals surface area contributed by atoms with Crippen molar-refractivity contribution in [1.82, 2.24) is 0 Å². The molecule has 0 amide bonds. The molecule has 0 N–H and O–H groups in total. The third-order valence-corrected chi connectivity index (χ3v) is 6.83. The summed E-state index contributed by atoms with van der Waals surface area (Å²) in [5, 5.41) is 0.847. The van der Waals surface area contributed by atoms with Crippen LogP contribution in [0.4, 0.5) is 0 Å². The van der Waals surface area contributed by atoms with Crippen LogP contribution in [0.3, 0.4) is 0 Å². The second kappa shape index (κ2) is 17.0. The molecule has 2 aromatic rings. The molecule has 1 aromatic carbocycles. The van der Waals surface area contributed by atoms with Crippen molar-refractivity contribution in [2.24, 2.45) is 0 Å². The lowest BCUT2D eigenvalue weighted by atomic mass is 10.1. The molecule has 1 unspecified atom stereocenters. The van der Waals surface area contributed by atoms with Gasteiger partial charge in [0.15, 0.2) is 0 Å². The molecule has 6 heteroatoms. The number of esters is 1. The molecule has 0 aliphatic heterocycles. The molecule has 1 atom stereocenters. The Morgan fingerprint density at radius 2 is 1.48 bits per heavy atom. The summed E-state index contributed by atoms with van der Waals surface area (Å²) in [6.45, 7) is 3.28. The van der Waals surface area contributed by atoms with Crippen LogP contribution in [0, 0.1) is 0 Å². The van der Waals surface area contributed by atoms with Gasteiger partial charge in [-0.15, -0.1) is 0 Å². The van der Waals surface area contributed by atoms with Gasteiger partial charge in [0.1, 0.15) is 15.3 Å². The first kappa shape index (κ1) is 27.7. The largest absolute Gasteiger partial charge is 0.493 e. The van der Waals surface area contributed by atoms with Gasteiger partial charge in [-0.3, -0.25) is 4.79 Å². The van der Waals surface area contributed by atoms with Gasteiger partial charge in [0, 0.05) is 0 Å². The Kier molecular flexibility index (Phi) is 14.2. The van der Waals surface area contributed by atoms with Crippen molar-refractivity contribution in [1.29, 1.82) is 0 Å². The van der Waals surface area contributed by atoms with Crippen LogP contribution in [0.5, 0.6) is 5.75 Å². The Labute approximate surface area is 211 Å². The third-order valence-electron chi connectivity index (χ3n) is 5.70. The maximum atomic E-state index is 11.7. The molecular formula is C27H39IO5. The molecule has 0 fully saturated rings. The minimum atomic E-state index is -0.371. The Bertz CT molecular complexity index is 863. The van der Waals surface area contributed by atoms with Gasteiger partial charge in [-0.1, -0.05) is 106 Å². The molecule has 0 radical (unpaired) electrons. The fraction of sp³-hybridized carbons (Fsp3) is 0.630. The first-order valence-corrected chi connectivity index (χ1v) is 13.8. The number of ether oxygens (including phenoxy) is 2. The summed E-state index contributed by atoms with van der Waals surface area (Å²) in [5.74, 6) is 0.566. The van der Waals surface area contributed by atoms with Crippen LogP contribution in [0.1, 0.15) is 90.4 Å². The Morgan fingerprint density at radius 3 is 2.12 bits per heavy atom. The van der Waals surface area contributed by atoms with Gasteiger partial charge in [0.25, 0.3) is 0 Å². The summed E-state index contributed by atoms with van der Waals surface area (Å²) in [7, 11) is 0. The Balaban J connectivity index is 1.39. The third kappa shape index (κ3) is 11.4. The highest BCUT2D eigenvalue weighted by molar-refractivity contribution is 14.1. The molecule has 5 nitrogen and oxygen atoms in total. The van der Waals surface area contributed by atoms with Crippen molar-refractivity contribution in [2.45, 2.75) is 94.3 Å². The summed E-state index contributed by atoms with van der Waals surface area (Å²) in [4.78, 5) is 23.4. The number of rotatable bonds is 18. The number of para-hydroxylation sites is 1.